The second-order valence-electron chi connectivity index (χ2n) is 5.03. The van der Waals surface area contributed by atoms with E-state index >= 15 is 0 Å². The topological polar surface area (TPSA) is 25.8 Å². The van der Waals surface area contributed by atoms with Crippen molar-refractivity contribution in [3.05, 3.63) is 57.8 Å². The second kappa shape index (κ2) is 5.37. The average Bonchev–Trinajstić information content (AvgIpc) is 2.81. The average molecular weight is 298 g/mol. The van der Waals surface area contributed by atoms with E-state index in [-0.39, 0.29) is 5.82 Å². The summed E-state index contributed by atoms with van der Waals surface area (Å²) in [5.41, 5.74) is 4.40. The van der Waals surface area contributed by atoms with Gasteiger partial charge in [-0.15, -0.1) is 11.3 Å². The molecule has 0 radical (unpaired) electrons. The number of rotatable bonds is 2. The third kappa shape index (κ3) is 2.72. The van der Waals surface area contributed by atoms with Crippen molar-refractivity contribution in [1.82, 2.24) is 9.97 Å². The summed E-state index contributed by atoms with van der Waals surface area (Å²) in [6, 6.07) is 9.02. The summed E-state index contributed by atoms with van der Waals surface area (Å²) in [6.45, 7) is 5.83. The van der Waals surface area contributed by atoms with E-state index in [9.17, 15) is 4.39 Å². The Labute approximate surface area is 127 Å². The Kier molecular flexibility index (Phi) is 3.55. The normalized spacial score (nSPS) is 10.9. The fourth-order valence-electron chi connectivity index (χ4n) is 2.31. The maximum Gasteiger partial charge on any atom is 0.126 e. The number of aryl methyl sites for hydroxylation is 3. The smallest absolute Gasteiger partial charge is 0.126 e. The largest absolute Gasteiger partial charge is 0.256 e. The molecule has 3 aromatic rings. The molecular weight excluding hydrogens is 283 g/mol. The summed E-state index contributed by atoms with van der Waals surface area (Å²) in [5.74, 6) is -0.191. The molecule has 1 aromatic carbocycles. The molecule has 2 heterocycles. The minimum absolute atomic E-state index is 0.191. The molecule has 0 N–H and O–H groups in total. The van der Waals surface area contributed by atoms with Gasteiger partial charge in [-0.1, -0.05) is 0 Å². The lowest BCUT2D eigenvalue weighted by molar-refractivity contribution is 0.619. The monoisotopic (exact) mass is 298 g/mol. The number of pyridine rings is 1. The van der Waals surface area contributed by atoms with Crippen LogP contribution in [0.1, 0.15) is 15.4 Å². The molecule has 4 heteroatoms. The molecule has 0 bridgehead atoms. The van der Waals surface area contributed by atoms with Crippen LogP contribution >= 0.6 is 11.3 Å². The predicted octanol–water partition coefficient (Wildman–Crippen LogP) is 4.94. The molecular formula is C17H15FN2S. The van der Waals surface area contributed by atoms with Gasteiger partial charge in [0.1, 0.15) is 5.82 Å². The van der Waals surface area contributed by atoms with Crippen molar-refractivity contribution in [3.8, 4) is 22.5 Å². The summed E-state index contributed by atoms with van der Waals surface area (Å²) in [6.07, 6.45) is 1.83. The number of aromatic nitrogens is 2. The van der Waals surface area contributed by atoms with Crippen LogP contribution in [0.4, 0.5) is 4.39 Å². The molecule has 0 amide bonds. The molecule has 3 rings (SSSR count). The van der Waals surface area contributed by atoms with Crippen LogP contribution in [0.15, 0.2) is 36.5 Å². The number of hydrogen-bond donors (Lipinski definition) is 0. The Balaban J connectivity index is 1.97. The summed E-state index contributed by atoms with van der Waals surface area (Å²) in [5, 5.41) is 1.06. The lowest BCUT2D eigenvalue weighted by Crippen LogP contribution is -1.89. The molecule has 0 aliphatic carbocycles. The molecule has 21 heavy (non-hydrogen) atoms. The molecule has 106 valence electrons. The van der Waals surface area contributed by atoms with Crippen molar-refractivity contribution in [3.63, 3.8) is 0 Å². The van der Waals surface area contributed by atoms with Crippen molar-refractivity contribution in [2.45, 2.75) is 20.8 Å². The van der Waals surface area contributed by atoms with Gasteiger partial charge in [-0.2, -0.15) is 0 Å². The highest BCUT2D eigenvalue weighted by atomic mass is 32.1. The van der Waals surface area contributed by atoms with Crippen LogP contribution in [-0.2, 0) is 0 Å². The van der Waals surface area contributed by atoms with Crippen LogP contribution in [0.25, 0.3) is 22.5 Å². The number of hydrogen-bond acceptors (Lipinski definition) is 3. The summed E-state index contributed by atoms with van der Waals surface area (Å²) < 4.78 is 13.3. The summed E-state index contributed by atoms with van der Waals surface area (Å²) >= 11 is 1.69. The zero-order valence-electron chi connectivity index (χ0n) is 12.1. The van der Waals surface area contributed by atoms with E-state index in [1.54, 1.807) is 24.3 Å². The van der Waals surface area contributed by atoms with Gasteiger partial charge in [-0.05, 0) is 56.7 Å². The molecule has 0 unspecified atom stereocenters. The van der Waals surface area contributed by atoms with Gasteiger partial charge in [0.2, 0.25) is 0 Å². The Morgan fingerprint density at radius 3 is 2.33 bits per heavy atom. The van der Waals surface area contributed by atoms with Gasteiger partial charge in [-0.25, -0.2) is 9.37 Å². The first-order valence-electron chi connectivity index (χ1n) is 6.71. The maximum atomic E-state index is 13.3. The lowest BCUT2D eigenvalue weighted by atomic mass is 10.1. The molecule has 2 nitrogen and oxygen atoms in total. The standard InChI is InChI=1S/C17H15FN2S/c1-10-8-13(4-6-15(10)18)16-7-5-14(9-19-16)17-11(2)21-12(3)20-17/h4-9H,1-3H3. The van der Waals surface area contributed by atoms with E-state index in [1.165, 1.54) is 10.9 Å². The molecule has 0 aliphatic rings. The number of thiazole rings is 1. The molecule has 2 aromatic heterocycles. The van der Waals surface area contributed by atoms with Crippen LogP contribution in [0.5, 0.6) is 0 Å². The highest BCUT2D eigenvalue weighted by molar-refractivity contribution is 7.11. The Bertz CT molecular complexity index is 791. The number of benzene rings is 1. The Morgan fingerprint density at radius 2 is 1.76 bits per heavy atom. The third-order valence-corrected chi connectivity index (χ3v) is 4.28. The maximum absolute atomic E-state index is 13.3. The van der Waals surface area contributed by atoms with Gasteiger partial charge < -0.3 is 0 Å². The van der Waals surface area contributed by atoms with Gasteiger partial charge in [0.25, 0.3) is 0 Å². The van der Waals surface area contributed by atoms with Crippen molar-refractivity contribution in [1.29, 1.82) is 0 Å². The van der Waals surface area contributed by atoms with E-state index in [0.717, 1.165) is 27.5 Å². The highest BCUT2D eigenvalue weighted by Gasteiger charge is 2.09. The molecule has 0 fully saturated rings. The molecule has 0 atom stereocenters. The Hall–Kier alpha value is -2.07. The fourth-order valence-corrected chi connectivity index (χ4v) is 3.15. The van der Waals surface area contributed by atoms with Gasteiger partial charge >= 0.3 is 0 Å². The first-order chi connectivity index (χ1) is 10.0. The van der Waals surface area contributed by atoms with E-state index in [4.69, 9.17) is 0 Å². The zero-order chi connectivity index (χ0) is 15.0. The number of nitrogens with zero attached hydrogens (tertiary/aromatic N) is 2. The van der Waals surface area contributed by atoms with Crippen molar-refractivity contribution in [2.24, 2.45) is 0 Å². The minimum Gasteiger partial charge on any atom is -0.256 e. The van der Waals surface area contributed by atoms with Crippen LogP contribution in [0, 0.1) is 26.6 Å². The van der Waals surface area contributed by atoms with Crippen LogP contribution in [0.2, 0.25) is 0 Å². The second-order valence-corrected chi connectivity index (χ2v) is 6.44. The molecule has 0 saturated heterocycles. The zero-order valence-corrected chi connectivity index (χ0v) is 13.0. The fraction of sp³-hybridized carbons (Fsp3) is 0.176. The first-order valence-corrected chi connectivity index (χ1v) is 7.53. The third-order valence-electron chi connectivity index (χ3n) is 3.39. The van der Waals surface area contributed by atoms with Crippen LogP contribution in [-0.4, -0.2) is 9.97 Å². The highest BCUT2D eigenvalue weighted by Crippen LogP contribution is 2.28. The summed E-state index contributed by atoms with van der Waals surface area (Å²) in [4.78, 5) is 10.2. The van der Waals surface area contributed by atoms with Gasteiger partial charge in [0.05, 0.1) is 16.4 Å². The minimum atomic E-state index is -0.191. The van der Waals surface area contributed by atoms with E-state index in [2.05, 4.69) is 16.9 Å². The number of halogens is 1. The first kappa shape index (κ1) is 13.9. The molecule has 0 saturated carbocycles. The van der Waals surface area contributed by atoms with E-state index in [0.29, 0.717) is 5.56 Å². The van der Waals surface area contributed by atoms with Gasteiger partial charge in [-0.3, -0.25) is 4.98 Å². The Morgan fingerprint density at radius 1 is 1.00 bits per heavy atom. The van der Waals surface area contributed by atoms with E-state index in [1.807, 2.05) is 31.3 Å². The molecule has 0 spiro atoms. The molecule has 0 aliphatic heterocycles. The SMILES string of the molecule is Cc1nc(-c2ccc(-c3ccc(F)c(C)c3)nc2)c(C)s1. The van der Waals surface area contributed by atoms with Gasteiger partial charge in [0.15, 0.2) is 0 Å². The predicted molar refractivity (Wildman–Crippen MR) is 85.0 cm³/mol. The van der Waals surface area contributed by atoms with Crippen LogP contribution in [0.3, 0.4) is 0 Å². The van der Waals surface area contributed by atoms with Gasteiger partial charge in [0, 0.05) is 22.2 Å². The quantitative estimate of drug-likeness (QED) is 0.670. The summed E-state index contributed by atoms with van der Waals surface area (Å²) in [7, 11) is 0. The van der Waals surface area contributed by atoms with E-state index < -0.39 is 0 Å². The van der Waals surface area contributed by atoms with Crippen LogP contribution < -0.4 is 0 Å². The van der Waals surface area contributed by atoms with Crippen molar-refractivity contribution < 1.29 is 4.39 Å². The lowest BCUT2D eigenvalue weighted by Gasteiger charge is -2.04. The van der Waals surface area contributed by atoms with Crippen molar-refractivity contribution in [2.75, 3.05) is 0 Å². The van der Waals surface area contributed by atoms with Crippen molar-refractivity contribution >= 4 is 11.3 Å².